The van der Waals surface area contributed by atoms with Crippen LogP contribution < -0.4 is 9.47 Å². The maximum atomic E-state index is 15.2. The third kappa shape index (κ3) is 6.14. The minimum atomic E-state index is -0.748. The molecule has 5 atom stereocenters. The zero-order valence-corrected chi connectivity index (χ0v) is 25.7. The van der Waals surface area contributed by atoms with Crippen molar-refractivity contribution in [3.05, 3.63) is 76.7 Å². The molecule has 7 heteroatoms. The maximum absolute atomic E-state index is 15.2. The second kappa shape index (κ2) is 12.3. The molecule has 1 saturated heterocycles. The Morgan fingerprint density at radius 3 is 2.53 bits per heavy atom. The number of aliphatic carboxylic acids is 1. The van der Waals surface area contributed by atoms with E-state index in [9.17, 15) is 9.90 Å². The van der Waals surface area contributed by atoms with Crippen molar-refractivity contribution in [3.8, 4) is 22.8 Å². The van der Waals surface area contributed by atoms with Crippen LogP contribution in [0.5, 0.6) is 11.6 Å². The summed E-state index contributed by atoms with van der Waals surface area (Å²) in [6.45, 7) is 7.12. The van der Waals surface area contributed by atoms with Gasteiger partial charge < -0.3 is 14.6 Å². The molecule has 1 unspecified atom stereocenters. The number of rotatable bonds is 9. The fourth-order valence-electron chi connectivity index (χ4n) is 7.33. The highest BCUT2D eigenvalue weighted by Gasteiger charge is 2.39. The van der Waals surface area contributed by atoms with Gasteiger partial charge in [0.2, 0.25) is 5.88 Å². The standard InChI is InChI=1S/C36H43FN2O4/c1-21-6-5-7-22(2)39(21)20-28-16-26(12-14-29(28)30-18-34(42-4)38-19-31(30)37)32-15-13-24-8-11-27(17-33(24)43-32)35(25-9-10-25)23(3)36(40)41/h8,11-12,14,16-19,21-23,25,32,35H,5-7,9-10,13,15,20H2,1-4H3,(H,40,41)/t21-,22-,23-,32?,35-/m0/s1. The van der Waals surface area contributed by atoms with Crippen LogP contribution in [0, 0.1) is 17.7 Å². The molecular weight excluding hydrogens is 543 g/mol. The van der Waals surface area contributed by atoms with Gasteiger partial charge in [0.25, 0.3) is 0 Å². The Bertz CT molecular complexity index is 1480. The van der Waals surface area contributed by atoms with Gasteiger partial charge in [0.05, 0.1) is 19.2 Å². The Kier molecular flexibility index (Phi) is 8.45. The lowest BCUT2D eigenvalue weighted by atomic mass is 9.82. The highest BCUT2D eigenvalue weighted by Crippen LogP contribution is 2.48. The number of likely N-dealkylation sites (tertiary alicyclic amines) is 1. The molecule has 0 radical (unpaired) electrons. The summed E-state index contributed by atoms with van der Waals surface area (Å²) in [4.78, 5) is 18.5. The summed E-state index contributed by atoms with van der Waals surface area (Å²) in [5.74, 6) is 0.102. The van der Waals surface area contributed by atoms with Crippen LogP contribution in [0.25, 0.3) is 11.1 Å². The molecule has 3 heterocycles. The monoisotopic (exact) mass is 586 g/mol. The van der Waals surface area contributed by atoms with Gasteiger partial charge in [0.1, 0.15) is 17.7 Å². The Morgan fingerprint density at radius 1 is 1.07 bits per heavy atom. The van der Waals surface area contributed by atoms with E-state index in [-0.39, 0.29) is 17.8 Å². The lowest BCUT2D eigenvalue weighted by Crippen LogP contribution is -2.43. The van der Waals surface area contributed by atoms with Crippen LogP contribution in [0.4, 0.5) is 4.39 Å². The number of fused-ring (bicyclic) bond motifs is 1. The molecule has 3 aliphatic rings. The molecule has 0 amide bonds. The molecule has 228 valence electrons. The van der Waals surface area contributed by atoms with Crippen LogP contribution in [0.3, 0.4) is 0 Å². The number of hydrogen-bond acceptors (Lipinski definition) is 5. The van der Waals surface area contributed by atoms with E-state index in [2.05, 4.69) is 54.1 Å². The Morgan fingerprint density at radius 2 is 1.84 bits per heavy atom. The molecule has 1 aromatic heterocycles. The molecule has 0 spiro atoms. The highest BCUT2D eigenvalue weighted by atomic mass is 19.1. The third-order valence-corrected chi connectivity index (χ3v) is 10.0. The van der Waals surface area contributed by atoms with Crippen molar-refractivity contribution in [1.82, 2.24) is 9.88 Å². The average Bonchev–Trinajstić information content (AvgIpc) is 3.84. The van der Waals surface area contributed by atoms with Gasteiger partial charge in [0.15, 0.2) is 0 Å². The van der Waals surface area contributed by atoms with Crippen LogP contribution in [0.15, 0.2) is 48.7 Å². The van der Waals surface area contributed by atoms with Crippen LogP contribution in [-0.2, 0) is 17.8 Å². The summed E-state index contributed by atoms with van der Waals surface area (Å²) in [5.41, 5.74) is 5.70. The van der Waals surface area contributed by atoms with Gasteiger partial charge in [0, 0.05) is 30.3 Å². The van der Waals surface area contributed by atoms with E-state index in [0.29, 0.717) is 29.4 Å². The number of methoxy groups -OCH3 is 1. The predicted octanol–water partition coefficient (Wildman–Crippen LogP) is 7.94. The lowest BCUT2D eigenvalue weighted by molar-refractivity contribution is -0.142. The Balaban J connectivity index is 1.34. The first-order valence-corrected chi connectivity index (χ1v) is 15.8. The number of carboxylic acid groups (broad SMARTS) is 1. The SMILES string of the molecule is COc1cc(-c2ccc(C3CCc4ccc([C@H](C5CC5)[C@H](C)C(=O)O)cc4O3)cc2CN2[C@@H](C)CCC[C@@H]2C)c(F)cn1. The van der Waals surface area contributed by atoms with E-state index in [1.165, 1.54) is 12.6 Å². The summed E-state index contributed by atoms with van der Waals surface area (Å²) in [6, 6.07) is 15.2. The van der Waals surface area contributed by atoms with E-state index in [1.807, 2.05) is 13.0 Å². The van der Waals surface area contributed by atoms with Crippen LogP contribution in [0.1, 0.15) is 93.6 Å². The normalized spacial score (nSPS) is 23.6. The first-order valence-electron chi connectivity index (χ1n) is 15.8. The maximum Gasteiger partial charge on any atom is 0.306 e. The Hall–Kier alpha value is -3.45. The van der Waals surface area contributed by atoms with Crippen molar-refractivity contribution in [1.29, 1.82) is 0 Å². The second-order valence-electron chi connectivity index (χ2n) is 12.9. The topological polar surface area (TPSA) is 71.9 Å². The predicted molar refractivity (Wildman–Crippen MR) is 165 cm³/mol. The molecule has 0 bridgehead atoms. The van der Waals surface area contributed by atoms with Gasteiger partial charge in [-0.2, -0.15) is 0 Å². The molecule has 3 aromatic rings. The molecule has 2 aliphatic heterocycles. The number of aromatic nitrogens is 1. The average molecular weight is 587 g/mol. The number of pyridine rings is 1. The summed E-state index contributed by atoms with van der Waals surface area (Å²) < 4.78 is 27.2. The molecule has 1 aliphatic carbocycles. The highest BCUT2D eigenvalue weighted by molar-refractivity contribution is 5.71. The molecule has 43 heavy (non-hydrogen) atoms. The van der Waals surface area contributed by atoms with Crippen LogP contribution >= 0.6 is 0 Å². The van der Waals surface area contributed by atoms with E-state index in [0.717, 1.165) is 78.6 Å². The van der Waals surface area contributed by atoms with Gasteiger partial charge in [-0.05, 0) is 98.1 Å². The molecule has 1 saturated carbocycles. The van der Waals surface area contributed by atoms with Crippen molar-refractivity contribution in [3.63, 3.8) is 0 Å². The van der Waals surface area contributed by atoms with E-state index >= 15 is 4.39 Å². The summed E-state index contributed by atoms with van der Waals surface area (Å²) in [7, 11) is 1.55. The van der Waals surface area contributed by atoms with Gasteiger partial charge in [-0.1, -0.05) is 43.7 Å². The molecule has 6 rings (SSSR count). The van der Waals surface area contributed by atoms with Crippen LogP contribution in [0.2, 0.25) is 0 Å². The number of halogens is 1. The number of hydrogen-bond donors (Lipinski definition) is 1. The largest absolute Gasteiger partial charge is 0.485 e. The van der Waals surface area contributed by atoms with E-state index in [4.69, 9.17) is 9.47 Å². The molecular formula is C36H43FN2O4. The quantitative estimate of drug-likeness (QED) is 0.274. The van der Waals surface area contributed by atoms with E-state index < -0.39 is 11.9 Å². The van der Waals surface area contributed by atoms with Gasteiger partial charge in [-0.25, -0.2) is 9.37 Å². The summed E-state index contributed by atoms with van der Waals surface area (Å²) >= 11 is 0. The lowest BCUT2D eigenvalue weighted by Gasteiger charge is -2.39. The van der Waals surface area contributed by atoms with Crippen LogP contribution in [-0.4, -0.2) is 40.2 Å². The number of ether oxygens (including phenoxy) is 2. The van der Waals surface area contributed by atoms with Crippen molar-refractivity contribution < 1.29 is 23.8 Å². The Labute approximate surface area is 254 Å². The molecule has 2 aromatic carbocycles. The first-order chi connectivity index (χ1) is 20.7. The number of aryl methyl sites for hydroxylation is 1. The van der Waals surface area contributed by atoms with Gasteiger partial charge in [-0.3, -0.25) is 9.69 Å². The zero-order chi connectivity index (χ0) is 30.2. The fourth-order valence-corrected chi connectivity index (χ4v) is 7.33. The minimum Gasteiger partial charge on any atom is -0.485 e. The number of piperidine rings is 1. The summed E-state index contributed by atoms with van der Waals surface area (Å²) in [6.07, 6.45) is 8.52. The molecule has 6 nitrogen and oxygen atoms in total. The molecule has 1 N–H and O–H groups in total. The van der Waals surface area contributed by atoms with Crippen molar-refractivity contribution >= 4 is 5.97 Å². The first kappa shape index (κ1) is 29.6. The van der Waals surface area contributed by atoms with Crippen molar-refractivity contribution in [2.45, 2.75) is 96.4 Å². The van der Waals surface area contributed by atoms with Gasteiger partial charge in [-0.15, -0.1) is 0 Å². The fraction of sp³-hybridized carbons (Fsp3) is 0.500. The van der Waals surface area contributed by atoms with Crippen molar-refractivity contribution in [2.24, 2.45) is 11.8 Å². The number of carboxylic acids is 1. The summed E-state index contributed by atoms with van der Waals surface area (Å²) in [5, 5.41) is 9.78. The second-order valence-corrected chi connectivity index (χ2v) is 12.9. The zero-order valence-electron chi connectivity index (χ0n) is 25.7. The smallest absolute Gasteiger partial charge is 0.306 e. The number of carbonyl (C=O) groups is 1. The minimum absolute atomic E-state index is 0.00145. The van der Waals surface area contributed by atoms with Crippen molar-refractivity contribution in [2.75, 3.05) is 7.11 Å². The number of benzene rings is 2. The molecule has 2 fully saturated rings. The third-order valence-electron chi connectivity index (χ3n) is 10.0. The van der Waals surface area contributed by atoms with Gasteiger partial charge >= 0.3 is 5.97 Å². The number of nitrogens with zero attached hydrogens (tertiary/aromatic N) is 2. The van der Waals surface area contributed by atoms with E-state index in [1.54, 1.807) is 13.2 Å².